The predicted octanol–water partition coefficient (Wildman–Crippen LogP) is 2.33. The van der Waals surface area contributed by atoms with Gasteiger partial charge in [-0.05, 0) is 30.5 Å². The van der Waals surface area contributed by atoms with Crippen molar-refractivity contribution in [2.24, 2.45) is 5.92 Å². The van der Waals surface area contributed by atoms with Gasteiger partial charge in [0, 0.05) is 43.2 Å². The third kappa shape index (κ3) is 3.75. The predicted molar refractivity (Wildman–Crippen MR) is 104 cm³/mol. The average molecular weight is 365 g/mol. The molecule has 5 heteroatoms. The molecule has 1 aromatic carbocycles. The highest BCUT2D eigenvalue weighted by molar-refractivity contribution is 5.79. The Labute approximate surface area is 160 Å². The van der Waals surface area contributed by atoms with E-state index in [9.17, 15) is 9.90 Å². The Bertz CT molecular complexity index is 749. The van der Waals surface area contributed by atoms with Crippen LogP contribution in [-0.4, -0.2) is 46.1 Å². The molecule has 1 aliphatic carbocycles. The number of likely N-dealkylation sites (tertiary alicyclic amines) is 1. The van der Waals surface area contributed by atoms with Gasteiger partial charge in [0.05, 0.1) is 12.3 Å². The van der Waals surface area contributed by atoms with E-state index in [4.69, 9.17) is 0 Å². The zero-order valence-electron chi connectivity index (χ0n) is 15.5. The Balaban J connectivity index is 1.51. The first-order valence-corrected chi connectivity index (χ1v) is 9.87. The maximum atomic E-state index is 12.3. The summed E-state index contributed by atoms with van der Waals surface area (Å²) < 4.78 is 0. The monoisotopic (exact) mass is 365 g/mol. The van der Waals surface area contributed by atoms with Gasteiger partial charge in [0.15, 0.2) is 0 Å². The molecule has 1 aromatic heterocycles. The number of benzene rings is 1. The van der Waals surface area contributed by atoms with E-state index >= 15 is 0 Å². The number of hydrogen-bond acceptors (Lipinski definition) is 4. The topological polar surface area (TPSA) is 65.5 Å². The number of nitrogens with zero attached hydrogens (tertiary/aromatic N) is 2. The fourth-order valence-electron chi connectivity index (χ4n) is 4.33. The minimum atomic E-state index is 0.0417. The summed E-state index contributed by atoms with van der Waals surface area (Å²) in [5.41, 5.74) is 2.20. The van der Waals surface area contributed by atoms with Crippen LogP contribution in [-0.2, 0) is 11.3 Å². The number of carbonyl (C=O) groups is 1. The maximum absolute atomic E-state index is 12.3. The normalized spacial score (nSPS) is 25.4. The number of nitrogens with one attached hydrogen (secondary N) is 1. The first-order valence-electron chi connectivity index (χ1n) is 9.87. The van der Waals surface area contributed by atoms with E-state index in [1.807, 2.05) is 36.4 Å². The minimum absolute atomic E-state index is 0.0417. The first kappa shape index (κ1) is 18.1. The van der Waals surface area contributed by atoms with Gasteiger partial charge in [-0.2, -0.15) is 0 Å². The van der Waals surface area contributed by atoms with Crippen molar-refractivity contribution in [2.45, 2.75) is 43.8 Å². The first-order chi connectivity index (χ1) is 13.3. The van der Waals surface area contributed by atoms with Gasteiger partial charge in [-0.1, -0.05) is 42.8 Å². The van der Waals surface area contributed by atoms with Gasteiger partial charge in [-0.3, -0.25) is 14.7 Å². The molecule has 0 spiro atoms. The fourth-order valence-corrected chi connectivity index (χ4v) is 4.33. The summed E-state index contributed by atoms with van der Waals surface area (Å²) in [6.45, 7) is 1.39. The van der Waals surface area contributed by atoms with Crippen LogP contribution in [0.1, 0.15) is 36.4 Å². The highest BCUT2D eigenvalue weighted by Gasteiger charge is 2.48. The van der Waals surface area contributed by atoms with Crippen LogP contribution in [0.5, 0.6) is 0 Å². The summed E-state index contributed by atoms with van der Waals surface area (Å²) in [7, 11) is 0. The molecule has 3 atom stereocenters. The lowest BCUT2D eigenvalue weighted by Gasteiger charge is -2.55. The molecule has 0 unspecified atom stereocenters. The average Bonchev–Trinajstić information content (AvgIpc) is 2.65. The van der Waals surface area contributed by atoms with Crippen LogP contribution in [0.25, 0.3) is 0 Å². The van der Waals surface area contributed by atoms with E-state index in [0.717, 1.165) is 25.0 Å². The molecular formula is C22H27N3O2. The highest BCUT2D eigenvalue weighted by atomic mass is 16.3. The van der Waals surface area contributed by atoms with Crippen molar-refractivity contribution in [3.8, 4) is 0 Å². The Kier molecular flexibility index (Phi) is 5.50. The van der Waals surface area contributed by atoms with Crippen molar-refractivity contribution < 1.29 is 9.90 Å². The summed E-state index contributed by atoms with van der Waals surface area (Å²) >= 11 is 0. The molecule has 4 rings (SSSR count). The zero-order chi connectivity index (χ0) is 18.6. The molecule has 142 valence electrons. The van der Waals surface area contributed by atoms with Gasteiger partial charge in [0.2, 0.25) is 5.91 Å². The molecule has 0 radical (unpaired) electrons. The fraction of sp³-hybridized carbons (Fsp3) is 0.455. The van der Waals surface area contributed by atoms with Gasteiger partial charge >= 0.3 is 0 Å². The Hall–Kier alpha value is -2.24. The van der Waals surface area contributed by atoms with Crippen LogP contribution in [0.4, 0.5) is 0 Å². The highest BCUT2D eigenvalue weighted by Crippen LogP contribution is 2.41. The zero-order valence-corrected chi connectivity index (χ0v) is 15.5. The Morgan fingerprint density at radius 2 is 1.89 bits per heavy atom. The lowest BCUT2D eigenvalue weighted by molar-refractivity contribution is -0.128. The smallest absolute Gasteiger partial charge is 0.223 e. The second kappa shape index (κ2) is 8.19. The van der Waals surface area contributed by atoms with Gasteiger partial charge in [-0.15, -0.1) is 0 Å². The molecule has 27 heavy (non-hydrogen) atoms. The molecule has 2 aliphatic rings. The quantitative estimate of drug-likeness (QED) is 0.790. The molecule has 1 aliphatic heterocycles. The lowest BCUT2D eigenvalue weighted by atomic mass is 9.74. The molecule has 2 fully saturated rings. The molecule has 2 heterocycles. The van der Waals surface area contributed by atoms with E-state index in [-0.39, 0.29) is 36.4 Å². The second-order valence-electron chi connectivity index (χ2n) is 7.62. The number of pyridine rings is 1. The number of carbonyl (C=O) groups excluding carboxylic acids is 1. The van der Waals surface area contributed by atoms with Crippen LogP contribution in [0.2, 0.25) is 0 Å². The maximum Gasteiger partial charge on any atom is 0.223 e. The standard InChI is InChI=1S/C22H27N3O2/c26-15-20-21(16-7-2-1-3-8-16)19(13-24-22(27)17-9-6-10-17)25(20)14-18-11-4-5-12-23-18/h1-5,7-8,11-12,17,19-21,26H,6,9-10,13-15H2,(H,24,27)/t19-,20-,21-/m1/s1. The molecule has 2 aromatic rings. The van der Waals surface area contributed by atoms with Crippen LogP contribution in [0.15, 0.2) is 54.7 Å². The number of hydrogen-bond donors (Lipinski definition) is 2. The van der Waals surface area contributed by atoms with Gasteiger partial charge in [-0.25, -0.2) is 0 Å². The molecule has 1 amide bonds. The Morgan fingerprint density at radius 1 is 1.11 bits per heavy atom. The Morgan fingerprint density at radius 3 is 2.52 bits per heavy atom. The third-order valence-electron chi connectivity index (χ3n) is 6.08. The summed E-state index contributed by atoms with van der Waals surface area (Å²) in [6.07, 6.45) is 4.97. The minimum Gasteiger partial charge on any atom is -0.395 e. The molecule has 1 saturated heterocycles. The largest absolute Gasteiger partial charge is 0.395 e. The van der Waals surface area contributed by atoms with Crippen molar-refractivity contribution in [1.82, 2.24) is 15.2 Å². The molecule has 5 nitrogen and oxygen atoms in total. The summed E-state index contributed by atoms with van der Waals surface area (Å²) in [4.78, 5) is 19.1. The van der Waals surface area contributed by atoms with E-state index in [0.29, 0.717) is 13.1 Å². The summed E-state index contributed by atoms with van der Waals surface area (Å²) in [6, 6.07) is 16.4. The number of amides is 1. The molecule has 0 bridgehead atoms. The molecule has 1 saturated carbocycles. The van der Waals surface area contributed by atoms with Gasteiger partial charge in [0.1, 0.15) is 0 Å². The van der Waals surface area contributed by atoms with Crippen molar-refractivity contribution in [1.29, 1.82) is 0 Å². The van der Waals surface area contributed by atoms with Crippen molar-refractivity contribution in [3.63, 3.8) is 0 Å². The van der Waals surface area contributed by atoms with Gasteiger partial charge in [0.25, 0.3) is 0 Å². The van der Waals surface area contributed by atoms with Crippen molar-refractivity contribution in [3.05, 3.63) is 66.0 Å². The lowest BCUT2D eigenvalue weighted by Crippen LogP contribution is -2.66. The SMILES string of the molecule is O=C(NC[C@@H]1[C@@H](c2ccccc2)[C@@H](CO)N1Cc1ccccn1)C1CCC1. The third-order valence-corrected chi connectivity index (χ3v) is 6.08. The molecule has 2 N–H and O–H groups in total. The van der Waals surface area contributed by atoms with E-state index < -0.39 is 0 Å². The number of aromatic nitrogens is 1. The van der Waals surface area contributed by atoms with Crippen LogP contribution in [0, 0.1) is 5.92 Å². The second-order valence-corrected chi connectivity index (χ2v) is 7.62. The van der Waals surface area contributed by atoms with E-state index in [2.05, 4.69) is 27.3 Å². The van der Waals surface area contributed by atoms with Crippen LogP contribution in [0.3, 0.4) is 0 Å². The number of aliphatic hydroxyl groups excluding tert-OH is 1. The van der Waals surface area contributed by atoms with Crippen LogP contribution < -0.4 is 5.32 Å². The van der Waals surface area contributed by atoms with Crippen molar-refractivity contribution >= 4 is 5.91 Å². The van der Waals surface area contributed by atoms with E-state index in [1.54, 1.807) is 6.20 Å². The van der Waals surface area contributed by atoms with Gasteiger partial charge < -0.3 is 10.4 Å². The number of rotatable bonds is 7. The number of aliphatic hydroxyl groups is 1. The summed E-state index contributed by atoms with van der Waals surface area (Å²) in [5.74, 6) is 0.582. The molecular weight excluding hydrogens is 338 g/mol. The van der Waals surface area contributed by atoms with E-state index in [1.165, 1.54) is 5.56 Å². The summed E-state index contributed by atoms with van der Waals surface area (Å²) in [5, 5.41) is 13.2. The van der Waals surface area contributed by atoms with Crippen LogP contribution >= 0.6 is 0 Å². The van der Waals surface area contributed by atoms with Crippen molar-refractivity contribution in [2.75, 3.05) is 13.2 Å².